The van der Waals surface area contributed by atoms with Crippen molar-refractivity contribution < 1.29 is 13.9 Å². The highest BCUT2D eigenvalue weighted by molar-refractivity contribution is 6.31. The van der Waals surface area contributed by atoms with E-state index in [9.17, 15) is 9.18 Å². The van der Waals surface area contributed by atoms with Crippen LogP contribution >= 0.6 is 11.6 Å². The first kappa shape index (κ1) is 12.8. The molecule has 0 aliphatic carbocycles. The van der Waals surface area contributed by atoms with Gasteiger partial charge in [-0.1, -0.05) is 11.6 Å². The minimum absolute atomic E-state index is 0.0556. The van der Waals surface area contributed by atoms with Crippen LogP contribution in [0.15, 0.2) is 12.1 Å². The zero-order chi connectivity index (χ0) is 12.5. The summed E-state index contributed by atoms with van der Waals surface area (Å²) in [5, 5.41) is 0.104. The molecule has 0 spiro atoms. The number of carbonyl (C=O) groups is 1. The highest BCUT2D eigenvalue weighted by Gasteiger charge is 2.21. The Labute approximate surface area is 98.3 Å². The van der Waals surface area contributed by atoms with E-state index < -0.39 is 17.4 Å². The lowest BCUT2D eigenvalue weighted by molar-refractivity contribution is 0.00704. The number of anilines is 1. The molecule has 3 nitrogen and oxygen atoms in total. The Hall–Kier alpha value is -1.29. The van der Waals surface area contributed by atoms with Crippen molar-refractivity contribution in [3.63, 3.8) is 0 Å². The minimum Gasteiger partial charge on any atom is -0.456 e. The summed E-state index contributed by atoms with van der Waals surface area (Å²) < 4.78 is 18.3. The highest BCUT2D eigenvalue weighted by atomic mass is 35.5. The van der Waals surface area contributed by atoms with E-state index in [4.69, 9.17) is 22.1 Å². The standard InChI is InChI=1S/C11H13ClFNO2/c1-11(2,3)16-10(15)7-4-6(12)5-8(13)9(7)14/h4-5H,14H2,1-3H3. The van der Waals surface area contributed by atoms with Gasteiger partial charge in [0, 0.05) is 5.02 Å². The molecule has 1 aromatic carbocycles. The average Bonchev–Trinajstić information content (AvgIpc) is 2.08. The van der Waals surface area contributed by atoms with Gasteiger partial charge in [0.15, 0.2) is 0 Å². The van der Waals surface area contributed by atoms with Crippen molar-refractivity contribution in [3.05, 3.63) is 28.5 Å². The molecule has 1 rings (SSSR count). The molecule has 0 amide bonds. The third kappa shape index (κ3) is 3.10. The second kappa shape index (κ2) is 4.29. The van der Waals surface area contributed by atoms with Gasteiger partial charge in [-0.15, -0.1) is 0 Å². The van der Waals surface area contributed by atoms with E-state index in [-0.39, 0.29) is 16.3 Å². The van der Waals surface area contributed by atoms with Crippen molar-refractivity contribution in [1.29, 1.82) is 0 Å². The smallest absolute Gasteiger partial charge is 0.340 e. The van der Waals surface area contributed by atoms with Gasteiger partial charge < -0.3 is 10.5 Å². The molecular formula is C11H13ClFNO2. The molecule has 88 valence electrons. The summed E-state index contributed by atoms with van der Waals surface area (Å²) in [6.07, 6.45) is 0. The first-order chi connectivity index (χ1) is 7.20. The van der Waals surface area contributed by atoms with Crippen molar-refractivity contribution in [1.82, 2.24) is 0 Å². The van der Waals surface area contributed by atoms with Crippen LogP contribution in [-0.2, 0) is 4.74 Å². The maximum Gasteiger partial charge on any atom is 0.340 e. The first-order valence-electron chi connectivity index (χ1n) is 4.68. The molecule has 1 aromatic rings. The van der Waals surface area contributed by atoms with Crippen LogP contribution in [-0.4, -0.2) is 11.6 Å². The van der Waals surface area contributed by atoms with Crippen molar-refractivity contribution in [3.8, 4) is 0 Å². The van der Waals surface area contributed by atoms with Crippen molar-refractivity contribution in [2.75, 3.05) is 5.73 Å². The number of carbonyl (C=O) groups excluding carboxylic acids is 1. The summed E-state index contributed by atoms with van der Waals surface area (Å²) in [7, 11) is 0. The fraction of sp³-hybridized carbons (Fsp3) is 0.364. The van der Waals surface area contributed by atoms with Gasteiger partial charge in [-0.3, -0.25) is 0 Å². The lowest BCUT2D eigenvalue weighted by atomic mass is 10.1. The second-order valence-corrected chi connectivity index (χ2v) is 4.79. The van der Waals surface area contributed by atoms with Gasteiger partial charge in [0.2, 0.25) is 0 Å². The first-order valence-corrected chi connectivity index (χ1v) is 5.06. The number of hydrogen-bond acceptors (Lipinski definition) is 3. The average molecular weight is 246 g/mol. The number of benzene rings is 1. The van der Waals surface area contributed by atoms with E-state index in [1.54, 1.807) is 20.8 Å². The predicted octanol–water partition coefficient (Wildman–Crippen LogP) is 3.02. The molecule has 0 fully saturated rings. The Morgan fingerprint density at radius 1 is 1.44 bits per heavy atom. The number of ether oxygens (including phenoxy) is 1. The molecule has 0 aromatic heterocycles. The zero-order valence-corrected chi connectivity index (χ0v) is 10.1. The zero-order valence-electron chi connectivity index (χ0n) is 9.30. The lowest BCUT2D eigenvalue weighted by Crippen LogP contribution is -2.24. The second-order valence-electron chi connectivity index (χ2n) is 4.35. The SMILES string of the molecule is CC(C)(C)OC(=O)c1cc(Cl)cc(F)c1N. The molecule has 0 aliphatic heterocycles. The number of esters is 1. The van der Waals surface area contributed by atoms with Gasteiger partial charge in [0.05, 0.1) is 11.3 Å². The fourth-order valence-corrected chi connectivity index (χ4v) is 1.29. The number of nitrogens with two attached hydrogens (primary N) is 1. The van der Waals surface area contributed by atoms with Crippen LogP contribution < -0.4 is 5.73 Å². The molecule has 0 atom stereocenters. The van der Waals surface area contributed by atoms with Crippen molar-refractivity contribution in [2.24, 2.45) is 0 Å². The van der Waals surface area contributed by atoms with E-state index in [2.05, 4.69) is 0 Å². The summed E-state index contributed by atoms with van der Waals surface area (Å²) in [5.74, 6) is -1.42. The molecule has 0 unspecified atom stereocenters. The normalized spacial score (nSPS) is 11.3. The van der Waals surface area contributed by atoms with Gasteiger partial charge >= 0.3 is 5.97 Å². The Morgan fingerprint density at radius 2 is 2.00 bits per heavy atom. The van der Waals surface area contributed by atoms with Crippen LogP contribution in [0, 0.1) is 5.82 Å². The third-order valence-corrected chi connectivity index (χ3v) is 1.93. The molecule has 2 N–H and O–H groups in total. The summed E-state index contributed by atoms with van der Waals surface area (Å²) in [5.41, 5.74) is 4.47. The van der Waals surface area contributed by atoms with Crippen LogP contribution in [0.1, 0.15) is 31.1 Å². The summed E-state index contributed by atoms with van der Waals surface area (Å²) >= 11 is 5.63. The van der Waals surface area contributed by atoms with Crippen molar-refractivity contribution >= 4 is 23.3 Å². The molecule has 0 saturated heterocycles. The molecule has 0 radical (unpaired) electrons. The summed E-state index contributed by atoms with van der Waals surface area (Å²) in [6.45, 7) is 5.13. The van der Waals surface area contributed by atoms with Crippen LogP contribution in [0.2, 0.25) is 5.02 Å². The molecule has 16 heavy (non-hydrogen) atoms. The van der Waals surface area contributed by atoms with Crippen LogP contribution in [0.25, 0.3) is 0 Å². The number of halogens is 2. The number of nitrogen functional groups attached to an aromatic ring is 1. The van der Waals surface area contributed by atoms with E-state index in [1.165, 1.54) is 6.07 Å². The van der Waals surface area contributed by atoms with Crippen LogP contribution in [0.5, 0.6) is 0 Å². The van der Waals surface area contributed by atoms with E-state index in [1.807, 2.05) is 0 Å². The highest BCUT2D eigenvalue weighted by Crippen LogP contribution is 2.24. The Kier molecular flexibility index (Phi) is 3.43. The fourth-order valence-electron chi connectivity index (χ4n) is 1.09. The van der Waals surface area contributed by atoms with Gasteiger partial charge in [0.25, 0.3) is 0 Å². The van der Waals surface area contributed by atoms with Gasteiger partial charge in [-0.05, 0) is 32.9 Å². The summed E-state index contributed by atoms with van der Waals surface area (Å²) in [4.78, 5) is 11.7. The largest absolute Gasteiger partial charge is 0.456 e. The quantitative estimate of drug-likeness (QED) is 0.611. The Morgan fingerprint density at radius 3 is 2.50 bits per heavy atom. The minimum atomic E-state index is -0.728. The predicted molar refractivity (Wildman–Crippen MR) is 61.0 cm³/mol. The monoisotopic (exact) mass is 245 g/mol. The molecule has 0 heterocycles. The van der Waals surface area contributed by atoms with Crippen LogP contribution in [0.3, 0.4) is 0 Å². The van der Waals surface area contributed by atoms with E-state index in [0.717, 1.165) is 6.07 Å². The van der Waals surface area contributed by atoms with E-state index >= 15 is 0 Å². The maximum atomic E-state index is 13.2. The number of hydrogen-bond donors (Lipinski definition) is 1. The van der Waals surface area contributed by atoms with Crippen molar-refractivity contribution in [2.45, 2.75) is 26.4 Å². The van der Waals surface area contributed by atoms with Crippen LogP contribution in [0.4, 0.5) is 10.1 Å². The van der Waals surface area contributed by atoms with Gasteiger partial charge in [-0.25, -0.2) is 9.18 Å². The molecular weight excluding hydrogens is 233 g/mol. The summed E-state index contributed by atoms with van der Waals surface area (Å²) in [6, 6.07) is 2.33. The van der Waals surface area contributed by atoms with Gasteiger partial charge in [0.1, 0.15) is 11.4 Å². The lowest BCUT2D eigenvalue weighted by Gasteiger charge is -2.20. The van der Waals surface area contributed by atoms with Gasteiger partial charge in [-0.2, -0.15) is 0 Å². The molecule has 0 aliphatic rings. The number of rotatable bonds is 1. The van der Waals surface area contributed by atoms with E-state index in [0.29, 0.717) is 0 Å². The topological polar surface area (TPSA) is 52.3 Å². The Bertz CT molecular complexity index is 427. The molecule has 0 bridgehead atoms. The molecule has 0 saturated carbocycles. The Balaban J connectivity index is 3.09. The molecule has 5 heteroatoms. The third-order valence-electron chi connectivity index (χ3n) is 1.71. The maximum absolute atomic E-state index is 13.2.